The van der Waals surface area contributed by atoms with Gasteiger partial charge in [-0.15, -0.1) is 0 Å². The van der Waals surface area contributed by atoms with E-state index in [1.54, 1.807) is 0 Å². The predicted molar refractivity (Wildman–Crippen MR) is 118 cm³/mol. The highest BCUT2D eigenvalue weighted by atomic mass is 16.2. The van der Waals surface area contributed by atoms with Crippen LogP contribution in [0.3, 0.4) is 0 Å². The van der Waals surface area contributed by atoms with Gasteiger partial charge in [0.1, 0.15) is 0 Å². The predicted octanol–water partition coefficient (Wildman–Crippen LogP) is 2.84. The van der Waals surface area contributed by atoms with Crippen molar-refractivity contribution in [3.8, 4) is 0 Å². The van der Waals surface area contributed by atoms with Gasteiger partial charge >= 0.3 is 0 Å². The van der Waals surface area contributed by atoms with Crippen LogP contribution in [0.1, 0.15) is 72.1 Å². The lowest BCUT2D eigenvalue weighted by molar-refractivity contribution is -0.129. The Morgan fingerprint density at radius 2 is 1.79 bits per heavy atom. The van der Waals surface area contributed by atoms with Crippen LogP contribution >= 0.6 is 0 Å². The Hall–Kier alpha value is -1.30. The summed E-state index contributed by atoms with van der Waals surface area (Å²) in [5, 5.41) is 7.02. The summed E-state index contributed by atoms with van der Waals surface area (Å²) in [6.45, 7) is 12.0. The van der Waals surface area contributed by atoms with E-state index in [1.807, 2.05) is 7.05 Å². The van der Waals surface area contributed by atoms with Crippen molar-refractivity contribution in [1.29, 1.82) is 0 Å². The molecule has 2 heterocycles. The van der Waals surface area contributed by atoms with Gasteiger partial charge in [0.05, 0.1) is 0 Å². The molecule has 28 heavy (non-hydrogen) atoms. The summed E-state index contributed by atoms with van der Waals surface area (Å²) in [5.41, 5.74) is 0. The molecule has 2 fully saturated rings. The number of carbonyl (C=O) groups excluding carboxylic acids is 1. The molecule has 0 saturated carbocycles. The largest absolute Gasteiger partial charge is 0.356 e. The quantitative estimate of drug-likeness (QED) is 0.467. The van der Waals surface area contributed by atoms with Crippen LogP contribution in [0.15, 0.2) is 4.99 Å². The van der Waals surface area contributed by atoms with Gasteiger partial charge in [0.25, 0.3) is 0 Å². The minimum absolute atomic E-state index is 0.326. The molecule has 2 rings (SSSR count). The van der Waals surface area contributed by atoms with Crippen LogP contribution in [0.5, 0.6) is 0 Å². The highest BCUT2D eigenvalue weighted by Gasteiger charge is 2.26. The number of nitrogens with zero attached hydrogens (tertiary/aromatic N) is 3. The molecular formula is C22H43N5O. The number of amides is 1. The fourth-order valence-electron chi connectivity index (χ4n) is 4.63. The Labute approximate surface area is 172 Å². The van der Waals surface area contributed by atoms with E-state index in [0.717, 1.165) is 51.3 Å². The second kappa shape index (κ2) is 12.3. The Bertz CT molecular complexity index is 485. The SMILES string of the molecule is CCC(CCNC(=NC)NCC(C(C)C)N1CCCCCC1)N1CCCC1=O. The first-order chi connectivity index (χ1) is 13.6. The van der Waals surface area contributed by atoms with Gasteiger partial charge in [0.15, 0.2) is 5.96 Å². The van der Waals surface area contributed by atoms with Crippen LogP contribution in [-0.4, -0.2) is 73.5 Å². The number of nitrogens with one attached hydrogen (secondary N) is 2. The number of carbonyl (C=O) groups is 1. The van der Waals surface area contributed by atoms with E-state index < -0.39 is 0 Å². The molecule has 0 aromatic rings. The molecule has 0 aromatic carbocycles. The lowest BCUT2D eigenvalue weighted by Gasteiger charge is -2.34. The van der Waals surface area contributed by atoms with E-state index in [9.17, 15) is 4.79 Å². The van der Waals surface area contributed by atoms with Crippen LogP contribution in [0.4, 0.5) is 0 Å². The molecule has 0 aromatic heterocycles. The first-order valence-electron chi connectivity index (χ1n) is 11.5. The molecule has 0 radical (unpaired) electrons. The van der Waals surface area contributed by atoms with Gasteiger partial charge in [0.2, 0.25) is 5.91 Å². The molecule has 162 valence electrons. The van der Waals surface area contributed by atoms with Gasteiger partial charge in [-0.25, -0.2) is 0 Å². The van der Waals surface area contributed by atoms with E-state index in [4.69, 9.17) is 0 Å². The fourth-order valence-corrected chi connectivity index (χ4v) is 4.63. The summed E-state index contributed by atoms with van der Waals surface area (Å²) in [6, 6.07) is 0.892. The van der Waals surface area contributed by atoms with Crippen molar-refractivity contribution in [2.45, 2.75) is 84.2 Å². The standard InChI is InChI=1S/C22H43N5O/c1-5-19(27-16-10-11-21(27)28)12-13-24-22(23-4)25-17-20(18(2)3)26-14-8-6-7-9-15-26/h18-20H,5-17H2,1-4H3,(H2,23,24,25). The van der Waals surface area contributed by atoms with Crippen molar-refractivity contribution in [1.82, 2.24) is 20.4 Å². The van der Waals surface area contributed by atoms with Gasteiger partial charge in [0, 0.05) is 45.2 Å². The number of hydrogen-bond acceptors (Lipinski definition) is 3. The Morgan fingerprint density at radius 1 is 1.07 bits per heavy atom. The van der Waals surface area contributed by atoms with Gasteiger partial charge in [-0.3, -0.25) is 14.7 Å². The molecule has 1 amide bonds. The third kappa shape index (κ3) is 6.94. The Morgan fingerprint density at radius 3 is 2.32 bits per heavy atom. The maximum Gasteiger partial charge on any atom is 0.222 e. The normalized spacial score (nSPS) is 21.7. The van der Waals surface area contributed by atoms with Crippen molar-refractivity contribution in [3.05, 3.63) is 0 Å². The van der Waals surface area contributed by atoms with Crippen molar-refractivity contribution in [2.24, 2.45) is 10.9 Å². The highest BCUT2D eigenvalue weighted by Crippen LogP contribution is 2.18. The Kier molecular flexibility index (Phi) is 10.1. The summed E-state index contributed by atoms with van der Waals surface area (Å²) in [4.78, 5) is 21.2. The van der Waals surface area contributed by atoms with Crippen molar-refractivity contribution in [3.63, 3.8) is 0 Å². The summed E-state index contributed by atoms with van der Waals surface area (Å²) in [6.07, 6.45) is 9.12. The third-order valence-electron chi connectivity index (χ3n) is 6.37. The van der Waals surface area contributed by atoms with Gasteiger partial charge < -0.3 is 15.5 Å². The van der Waals surface area contributed by atoms with Gasteiger partial charge in [-0.05, 0) is 51.1 Å². The topological polar surface area (TPSA) is 60.0 Å². The second-order valence-corrected chi connectivity index (χ2v) is 8.68. The van der Waals surface area contributed by atoms with Crippen molar-refractivity contribution in [2.75, 3.05) is 39.8 Å². The summed E-state index contributed by atoms with van der Waals surface area (Å²) in [7, 11) is 1.84. The van der Waals surface area contributed by atoms with E-state index in [1.165, 1.54) is 38.8 Å². The van der Waals surface area contributed by atoms with E-state index in [-0.39, 0.29) is 0 Å². The van der Waals surface area contributed by atoms with Crippen LogP contribution in [0.2, 0.25) is 0 Å². The van der Waals surface area contributed by atoms with E-state index in [0.29, 0.717) is 23.9 Å². The summed E-state index contributed by atoms with van der Waals surface area (Å²) in [5.74, 6) is 1.82. The molecule has 2 saturated heterocycles. The molecular weight excluding hydrogens is 350 g/mol. The Balaban J connectivity index is 1.78. The van der Waals surface area contributed by atoms with E-state index in [2.05, 4.69) is 46.2 Å². The van der Waals surface area contributed by atoms with Gasteiger partial charge in [-0.1, -0.05) is 33.6 Å². The molecule has 2 aliphatic rings. The minimum atomic E-state index is 0.326. The first kappa shape index (κ1) is 23.0. The average Bonchev–Trinajstić information content (AvgIpc) is 2.93. The van der Waals surface area contributed by atoms with Crippen LogP contribution in [0, 0.1) is 5.92 Å². The summed E-state index contributed by atoms with van der Waals surface area (Å²) >= 11 is 0. The maximum absolute atomic E-state index is 12.0. The number of rotatable bonds is 9. The minimum Gasteiger partial charge on any atom is -0.356 e. The monoisotopic (exact) mass is 393 g/mol. The van der Waals surface area contributed by atoms with Crippen LogP contribution in [0.25, 0.3) is 0 Å². The molecule has 0 spiro atoms. The first-order valence-corrected chi connectivity index (χ1v) is 11.5. The zero-order chi connectivity index (χ0) is 20.4. The number of hydrogen-bond donors (Lipinski definition) is 2. The maximum atomic E-state index is 12.0. The van der Waals surface area contributed by atoms with Crippen molar-refractivity contribution < 1.29 is 4.79 Å². The smallest absolute Gasteiger partial charge is 0.222 e. The summed E-state index contributed by atoms with van der Waals surface area (Å²) < 4.78 is 0. The molecule has 6 heteroatoms. The van der Waals surface area contributed by atoms with Crippen molar-refractivity contribution >= 4 is 11.9 Å². The molecule has 0 bridgehead atoms. The fraction of sp³-hybridized carbons (Fsp3) is 0.909. The zero-order valence-electron chi connectivity index (χ0n) is 18.7. The molecule has 2 unspecified atom stereocenters. The van der Waals surface area contributed by atoms with Crippen LogP contribution < -0.4 is 10.6 Å². The van der Waals surface area contributed by atoms with E-state index >= 15 is 0 Å². The number of aliphatic imine (C=N–C) groups is 1. The average molecular weight is 394 g/mol. The molecule has 2 atom stereocenters. The lowest BCUT2D eigenvalue weighted by Crippen LogP contribution is -2.50. The molecule has 0 aliphatic carbocycles. The van der Waals surface area contributed by atoms with Crippen LogP contribution in [-0.2, 0) is 4.79 Å². The third-order valence-corrected chi connectivity index (χ3v) is 6.37. The highest BCUT2D eigenvalue weighted by molar-refractivity contribution is 5.80. The lowest BCUT2D eigenvalue weighted by atomic mass is 10.0. The molecule has 2 N–H and O–H groups in total. The molecule has 6 nitrogen and oxygen atoms in total. The van der Waals surface area contributed by atoms with Gasteiger partial charge in [-0.2, -0.15) is 0 Å². The molecule has 2 aliphatic heterocycles. The number of likely N-dealkylation sites (tertiary alicyclic amines) is 2. The second-order valence-electron chi connectivity index (χ2n) is 8.68. The zero-order valence-corrected chi connectivity index (χ0v) is 18.7. The number of guanidine groups is 1.